The highest BCUT2D eigenvalue weighted by molar-refractivity contribution is 5.94. The lowest BCUT2D eigenvalue weighted by Gasteiger charge is -2.38. The lowest BCUT2D eigenvalue weighted by molar-refractivity contribution is 0.101. The summed E-state index contributed by atoms with van der Waals surface area (Å²) < 4.78 is 0. The molecular weight excluding hydrogens is 386 g/mol. The third-order valence-electron chi connectivity index (χ3n) is 7.14. The Labute approximate surface area is 184 Å². The van der Waals surface area contributed by atoms with Crippen LogP contribution in [0.15, 0.2) is 30.3 Å². The molecule has 0 spiro atoms. The number of piperazine rings is 1. The smallest absolute Gasteiger partial charge is 0.159 e. The van der Waals surface area contributed by atoms with Gasteiger partial charge in [0.15, 0.2) is 5.78 Å². The molecule has 3 aliphatic rings. The summed E-state index contributed by atoms with van der Waals surface area (Å²) in [5.74, 6) is 2.10. The largest absolute Gasteiger partial charge is 0.368 e. The van der Waals surface area contributed by atoms with Gasteiger partial charge in [0.25, 0.3) is 0 Å². The third kappa shape index (κ3) is 3.52. The Hall–Kier alpha value is -3.07. The van der Waals surface area contributed by atoms with E-state index in [9.17, 15) is 10.1 Å². The first-order valence-corrected chi connectivity index (χ1v) is 11.3. The number of aromatic nitrogens is 1. The van der Waals surface area contributed by atoms with Crippen molar-refractivity contribution in [3.8, 4) is 6.07 Å². The van der Waals surface area contributed by atoms with Crippen LogP contribution in [-0.4, -0.2) is 49.5 Å². The number of carbonyl (C=O) groups excluding carboxylic acids is 1. The van der Waals surface area contributed by atoms with E-state index in [-0.39, 0.29) is 11.7 Å². The molecule has 31 heavy (non-hydrogen) atoms. The molecule has 6 nitrogen and oxygen atoms in total. The molecule has 0 N–H and O–H groups in total. The van der Waals surface area contributed by atoms with Crippen molar-refractivity contribution in [1.82, 2.24) is 4.98 Å². The highest BCUT2D eigenvalue weighted by Gasteiger charge is 2.37. The molecule has 0 amide bonds. The highest BCUT2D eigenvalue weighted by atomic mass is 16.1. The molecule has 1 saturated heterocycles. The second-order valence-electron chi connectivity index (χ2n) is 9.03. The lowest BCUT2D eigenvalue weighted by Crippen LogP contribution is -2.47. The molecule has 2 aromatic rings. The Morgan fingerprint density at radius 3 is 2.45 bits per heavy atom. The van der Waals surface area contributed by atoms with Crippen molar-refractivity contribution >= 4 is 23.1 Å². The normalized spacial score (nSPS) is 20.9. The molecular formula is C25H29N5O. The fourth-order valence-corrected chi connectivity index (χ4v) is 5.05. The van der Waals surface area contributed by atoms with Crippen molar-refractivity contribution in [2.24, 2.45) is 0 Å². The highest BCUT2D eigenvalue weighted by Crippen LogP contribution is 2.41. The Balaban J connectivity index is 1.31. The molecule has 5 rings (SSSR count). The third-order valence-corrected chi connectivity index (χ3v) is 7.14. The molecule has 0 bridgehead atoms. The Morgan fingerprint density at radius 2 is 1.84 bits per heavy atom. The van der Waals surface area contributed by atoms with Crippen LogP contribution in [0.25, 0.3) is 0 Å². The molecule has 0 radical (unpaired) electrons. The maximum Gasteiger partial charge on any atom is 0.159 e. The van der Waals surface area contributed by atoms with Crippen LogP contribution in [0.1, 0.15) is 53.6 Å². The fraction of sp³-hybridized carbons (Fsp3) is 0.480. The van der Waals surface area contributed by atoms with Crippen molar-refractivity contribution in [2.75, 3.05) is 47.4 Å². The van der Waals surface area contributed by atoms with Crippen LogP contribution in [0, 0.1) is 18.3 Å². The molecule has 2 fully saturated rings. The van der Waals surface area contributed by atoms with Crippen LogP contribution < -0.4 is 14.7 Å². The summed E-state index contributed by atoms with van der Waals surface area (Å²) in [6.45, 7) is 8.14. The average Bonchev–Trinajstić information content (AvgIpc) is 3.10. The number of hydrogen-bond donors (Lipinski definition) is 0. The van der Waals surface area contributed by atoms with E-state index in [1.807, 2.05) is 12.1 Å². The van der Waals surface area contributed by atoms with Gasteiger partial charge in [-0.1, -0.05) is 6.07 Å². The summed E-state index contributed by atoms with van der Waals surface area (Å²) >= 11 is 0. The van der Waals surface area contributed by atoms with Crippen molar-refractivity contribution in [1.29, 1.82) is 5.26 Å². The zero-order chi connectivity index (χ0) is 21.5. The number of anilines is 3. The van der Waals surface area contributed by atoms with Gasteiger partial charge >= 0.3 is 0 Å². The summed E-state index contributed by atoms with van der Waals surface area (Å²) in [6, 6.07) is 13.2. The lowest BCUT2D eigenvalue weighted by atomic mass is 9.92. The molecule has 1 atom stereocenters. The quantitative estimate of drug-likeness (QED) is 0.706. The van der Waals surface area contributed by atoms with Gasteiger partial charge in [0.1, 0.15) is 11.6 Å². The molecule has 1 aromatic carbocycles. The Kier molecular flexibility index (Phi) is 5.05. The van der Waals surface area contributed by atoms with Gasteiger partial charge in [0.2, 0.25) is 0 Å². The van der Waals surface area contributed by atoms with E-state index >= 15 is 0 Å². The molecule has 160 valence electrons. The summed E-state index contributed by atoms with van der Waals surface area (Å²) in [7, 11) is 0. The predicted octanol–water partition coefficient (Wildman–Crippen LogP) is 3.90. The first kappa shape index (κ1) is 19.9. The predicted molar refractivity (Wildman–Crippen MR) is 123 cm³/mol. The van der Waals surface area contributed by atoms with Crippen LogP contribution in [0.4, 0.5) is 17.3 Å². The van der Waals surface area contributed by atoms with Gasteiger partial charge in [-0.2, -0.15) is 5.26 Å². The van der Waals surface area contributed by atoms with E-state index in [1.54, 1.807) is 6.92 Å². The van der Waals surface area contributed by atoms with Crippen molar-refractivity contribution < 1.29 is 4.79 Å². The van der Waals surface area contributed by atoms with Gasteiger partial charge < -0.3 is 14.7 Å². The minimum absolute atomic E-state index is 0.0602. The number of nitriles is 1. The number of Topliss-reactive ketones (excluding diaryl/α,β-unsaturated/α-hetero) is 1. The van der Waals surface area contributed by atoms with E-state index in [1.165, 1.54) is 24.9 Å². The van der Waals surface area contributed by atoms with Crippen LogP contribution in [-0.2, 0) is 0 Å². The SMILES string of the molecule is CC(=O)c1ccc(N2CCN(c3ccc4c(n3)N(C3CCC3)CC4C#N)CC2)c(C)c1. The van der Waals surface area contributed by atoms with E-state index in [0.29, 0.717) is 6.04 Å². The van der Waals surface area contributed by atoms with Crippen molar-refractivity contribution in [3.63, 3.8) is 0 Å². The monoisotopic (exact) mass is 415 g/mol. The zero-order valence-electron chi connectivity index (χ0n) is 18.3. The first-order valence-electron chi connectivity index (χ1n) is 11.3. The Morgan fingerprint density at radius 1 is 1.10 bits per heavy atom. The van der Waals surface area contributed by atoms with Crippen LogP contribution in [0.3, 0.4) is 0 Å². The van der Waals surface area contributed by atoms with Crippen molar-refractivity contribution in [2.45, 2.75) is 45.1 Å². The van der Waals surface area contributed by atoms with Gasteiger partial charge in [-0.25, -0.2) is 4.98 Å². The maximum absolute atomic E-state index is 11.6. The van der Waals surface area contributed by atoms with Gasteiger partial charge in [-0.3, -0.25) is 4.79 Å². The number of hydrogen-bond acceptors (Lipinski definition) is 6. The zero-order valence-corrected chi connectivity index (χ0v) is 18.3. The van der Waals surface area contributed by atoms with Gasteiger partial charge in [-0.05, 0) is 62.9 Å². The summed E-state index contributed by atoms with van der Waals surface area (Å²) in [6.07, 6.45) is 3.70. The minimum Gasteiger partial charge on any atom is -0.368 e. The van der Waals surface area contributed by atoms with Crippen LogP contribution >= 0.6 is 0 Å². The van der Waals surface area contributed by atoms with E-state index in [0.717, 1.165) is 61.0 Å². The summed E-state index contributed by atoms with van der Waals surface area (Å²) in [5, 5.41) is 9.59. The topological polar surface area (TPSA) is 63.5 Å². The minimum atomic E-state index is -0.0602. The molecule has 1 unspecified atom stereocenters. The molecule has 3 heterocycles. The number of carbonyl (C=O) groups is 1. The second-order valence-corrected chi connectivity index (χ2v) is 9.03. The fourth-order valence-electron chi connectivity index (χ4n) is 5.05. The van der Waals surface area contributed by atoms with E-state index in [2.05, 4.69) is 45.9 Å². The number of rotatable bonds is 4. The van der Waals surface area contributed by atoms with Gasteiger partial charge in [0, 0.05) is 55.6 Å². The number of nitrogens with zero attached hydrogens (tertiary/aromatic N) is 5. The standard InChI is InChI=1S/C25H29N5O/c1-17-14-19(18(2)31)6-8-23(17)28-10-12-29(13-11-28)24-9-7-22-20(15-26)16-30(25(22)27-24)21-4-3-5-21/h6-9,14,20-21H,3-5,10-13,16H2,1-2H3. The van der Waals surface area contributed by atoms with E-state index < -0.39 is 0 Å². The number of fused-ring (bicyclic) bond motifs is 1. The number of aryl methyl sites for hydroxylation is 1. The molecule has 6 heteroatoms. The van der Waals surface area contributed by atoms with Gasteiger partial charge in [0.05, 0.1) is 12.0 Å². The first-order chi connectivity index (χ1) is 15.0. The Bertz CT molecular complexity index is 1050. The van der Waals surface area contributed by atoms with Crippen LogP contribution in [0.2, 0.25) is 0 Å². The average molecular weight is 416 g/mol. The molecule has 2 aliphatic heterocycles. The summed E-state index contributed by atoms with van der Waals surface area (Å²) in [4.78, 5) is 23.8. The number of benzene rings is 1. The maximum atomic E-state index is 11.6. The second kappa shape index (κ2) is 7.88. The van der Waals surface area contributed by atoms with Crippen LogP contribution in [0.5, 0.6) is 0 Å². The van der Waals surface area contributed by atoms with Crippen molar-refractivity contribution in [3.05, 3.63) is 47.0 Å². The van der Waals surface area contributed by atoms with Gasteiger partial charge in [-0.15, -0.1) is 0 Å². The number of ketones is 1. The molecule has 1 aromatic heterocycles. The molecule has 1 aliphatic carbocycles. The summed E-state index contributed by atoms with van der Waals surface area (Å²) in [5.41, 5.74) is 4.22. The molecule has 1 saturated carbocycles. The number of pyridine rings is 1. The van der Waals surface area contributed by atoms with E-state index in [4.69, 9.17) is 4.98 Å².